The molecule has 176 valence electrons. The summed E-state index contributed by atoms with van der Waals surface area (Å²) in [5.41, 5.74) is 11.2. The van der Waals surface area contributed by atoms with Crippen LogP contribution < -0.4 is 16.4 Å². The molecule has 1 aliphatic heterocycles. The number of nitrogens with one attached hydrogen (secondary N) is 2. The molecule has 0 bridgehead atoms. The third kappa shape index (κ3) is 3.72. The summed E-state index contributed by atoms with van der Waals surface area (Å²) < 4.78 is 4.02. The molecule has 1 unspecified atom stereocenters. The van der Waals surface area contributed by atoms with Gasteiger partial charge in [-0.25, -0.2) is 4.52 Å². The highest BCUT2D eigenvalue weighted by molar-refractivity contribution is 6.06. The summed E-state index contributed by atoms with van der Waals surface area (Å²) >= 11 is 0. The number of rotatable bonds is 6. The van der Waals surface area contributed by atoms with Gasteiger partial charge >= 0.3 is 0 Å². The second-order valence-electron chi connectivity index (χ2n) is 9.07. The Morgan fingerprint density at radius 1 is 1.11 bits per heavy atom. The largest absolute Gasteiger partial charge is 0.366 e. The summed E-state index contributed by atoms with van der Waals surface area (Å²) in [5.74, 6) is 1.26. The third-order valence-electron chi connectivity index (χ3n) is 6.81. The van der Waals surface area contributed by atoms with Gasteiger partial charge in [-0.3, -0.25) is 9.36 Å². The van der Waals surface area contributed by atoms with E-state index in [1.807, 2.05) is 52.4 Å². The second-order valence-corrected chi connectivity index (χ2v) is 9.07. The summed E-state index contributed by atoms with van der Waals surface area (Å²) in [4.78, 5) is 17.0. The molecule has 1 atom stereocenters. The van der Waals surface area contributed by atoms with Gasteiger partial charge in [0, 0.05) is 41.3 Å². The van der Waals surface area contributed by atoms with E-state index >= 15 is 0 Å². The lowest BCUT2D eigenvalue weighted by Crippen LogP contribution is -2.15. The summed E-state index contributed by atoms with van der Waals surface area (Å²) in [5, 5.41) is 12.8. The van der Waals surface area contributed by atoms with Crippen LogP contribution in [-0.4, -0.2) is 38.2 Å². The molecule has 0 radical (unpaired) electrons. The SMILES string of the molecule is Cc1cc2c(C(N)=O)cccc2n1-c1nc(NCc2ccccc2)c2ccc(C3CCNC3)n2n1. The number of carbonyl (C=O) groups is 1. The zero-order valence-electron chi connectivity index (χ0n) is 19.5. The Morgan fingerprint density at radius 3 is 2.74 bits per heavy atom. The van der Waals surface area contributed by atoms with Gasteiger partial charge in [-0.1, -0.05) is 36.4 Å². The maximum atomic E-state index is 12.0. The van der Waals surface area contributed by atoms with Crippen LogP contribution >= 0.6 is 0 Å². The number of aromatic nitrogens is 4. The van der Waals surface area contributed by atoms with Gasteiger partial charge in [0.25, 0.3) is 5.95 Å². The first kappa shape index (κ1) is 21.4. The first-order valence-corrected chi connectivity index (χ1v) is 11.9. The van der Waals surface area contributed by atoms with Crippen molar-refractivity contribution in [1.29, 1.82) is 0 Å². The van der Waals surface area contributed by atoms with Crippen LogP contribution in [0, 0.1) is 6.92 Å². The van der Waals surface area contributed by atoms with E-state index in [1.165, 1.54) is 11.3 Å². The lowest BCUT2D eigenvalue weighted by molar-refractivity contribution is 0.100. The number of fused-ring (bicyclic) bond motifs is 2. The molecule has 8 nitrogen and oxygen atoms in total. The Hall–Kier alpha value is -4.17. The molecule has 1 fully saturated rings. The standard InChI is InChI=1S/C27H27N7O/c1-17-14-21-20(25(28)35)8-5-9-23(21)33(17)27-31-26(30-15-18-6-3-2-4-7-18)24-11-10-22(34(24)32-27)19-12-13-29-16-19/h2-11,14,19,29H,12-13,15-16H2,1H3,(H2,28,35)(H,30,31,32). The zero-order valence-corrected chi connectivity index (χ0v) is 19.5. The quantitative estimate of drug-likeness (QED) is 0.354. The normalized spacial score (nSPS) is 15.7. The molecule has 1 amide bonds. The van der Waals surface area contributed by atoms with Crippen LogP contribution in [-0.2, 0) is 6.54 Å². The molecule has 1 saturated heterocycles. The fourth-order valence-electron chi connectivity index (χ4n) is 5.07. The average Bonchev–Trinajstić information content (AvgIpc) is 3.60. The Kier molecular flexibility index (Phi) is 5.22. The van der Waals surface area contributed by atoms with Crippen molar-refractivity contribution in [2.24, 2.45) is 5.73 Å². The lowest BCUT2D eigenvalue weighted by atomic mass is 10.1. The summed E-state index contributed by atoms with van der Waals surface area (Å²) in [6.07, 6.45) is 1.08. The van der Waals surface area contributed by atoms with Gasteiger partial charge in [0.05, 0.1) is 5.52 Å². The predicted octanol–water partition coefficient (Wildman–Crippen LogP) is 3.77. The highest BCUT2D eigenvalue weighted by Gasteiger charge is 2.23. The molecule has 8 heteroatoms. The van der Waals surface area contributed by atoms with Crippen molar-refractivity contribution in [1.82, 2.24) is 24.5 Å². The maximum Gasteiger partial charge on any atom is 0.254 e. The molecule has 0 spiro atoms. The van der Waals surface area contributed by atoms with E-state index in [2.05, 4.69) is 34.9 Å². The van der Waals surface area contributed by atoms with Gasteiger partial charge in [0.2, 0.25) is 5.91 Å². The fourth-order valence-corrected chi connectivity index (χ4v) is 5.07. The number of benzene rings is 2. The number of anilines is 1. The smallest absolute Gasteiger partial charge is 0.254 e. The van der Waals surface area contributed by atoms with Gasteiger partial charge in [0.15, 0.2) is 5.82 Å². The molecule has 2 aromatic carbocycles. The number of hydrogen-bond acceptors (Lipinski definition) is 5. The molecule has 35 heavy (non-hydrogen) atoms. The number of hydrogen-bond donors (Lipinski definition) is 3. The van der Waals surface area contributed by atoms with Crippen molar-refractivity contribution in [3.05, 3.63) is 89.2 Å². The molecule has 6 rings (SSSR count). The van der Waals surface area contributed by atoms with E-state index in [9.17, 15) is 4.79 Å². The van der Waals surface area contributed by atoms with Gasteiger partial charge in [-0.15, -0.1) is 5.10 Å². The molecule has 4 N–H and O–H groups in total. The van der Waals surface area contributed by atoms with E-state index < -0.39 is 5.91 Å². The molecule has 4 heterocycles. The Morgan fingerprint density at radius 2 is 1.97 bits per heavy atom. The van der Waals surface area contributed by atoms with E-state index in [0.717, 1.165) is 47.4 Å². The molecule has 1 aliphatic rings. The van der Waals surface area contributed by atoms with Crippen LogP contribution in [0.1, 0.15) is 39.6 Å². The van der Waals surface area contributed by atoms with Crippen LogP contribution in [0.25, 0.3) is 22.4 Å². The molecular formula is C27H27N7O. The maximum absolute atomic E-state index is 12.0. The number of primary amides is 1. The van der Waals surface area contributed by atoms with Crippen LogP contribution in [0.15, 0.2) is 66.7 Å². The summed E-state index contributed by atoms with van der Waals surface area (Å²) in [6, 6.07) is 22.1. The van der Waals surface area contributed by atoms with Gasteiger partial charge < -0.3 is 16.4 Å². The first-order valence-electron chi connectivity index (χ1n) is 11.9. The van der Waals surface area contributed by atoms with Gasteiger partial charge in [-0.05, 0) is 55.8 Å². The molecule has 5 aromatic rings. The van der Waals surface area contributed by atoms with Crippen LogP contribution in [0.3, 0.4) is 0 Å². The van der Waals surface area contributed by atoms with E-state index in [4.69, 9.17) is 15.8 Å². The van der Waals surface area contributed by atoms with Crippen molar-refractivity contribution >= 4 is 28.1 Å². The minimum Gasteiger partial charge on any atom is -0.366 e. The fraction of sp³-hybridized carbons (Fsp3) is 0.222. The number of amides is 1. The molecule has 0 aliphatic carbocycles. The minimum atomic E-state index is -0.448. The highest BCUT2D eigenvalue weighted by Crippen LogP contribution is 2.30. The van der Waals surface area contributed by atoms with Crippen molar-refractivity contribution in [3.63, 3.8) is 0 Å². The van der Waals surface area contributed by atoms with Crippen LogP contribution in [0.4, 0.5) is 5.82 Å². The lowest BCUT2D eigenvalue weighted by Gasteiger charge is -2.15. The zero-order chi connectivity index (χ0) is 23.9. The van der Waals surface area contributed by atoms with E-state index in [1.54, 1.807) is 6.07 Å². The van der Waals surface area contributed by atoms with E-state index in [-0.39, 0.29) is 0 Å². The predicted molar refractivity (Wildman–Crippen MR) is 137 cm³/mol. The first-order chi connectivity index (χ1) is 17.1. The molecule has 0 saturated carbocycles. The van der Waals surface area contributed by atoms with Crippen molar-refractivity contribution in [3.8, 4) is 5.95 Å². The Balaban J connectivity index is 1.53. The number of nitrogens with zero attached hydrogens (tertiary/aromatic N) is 4. The van der Waals surface area contributed by atoms with Crippen LogP contribution in [0.5, 0.6) is 0 Å². The van der Waals surface area contributed by atoms with Gasteiger partial charge in [0.1, 0.15) is 5.52 Å². The molecular weight excluding hydrogens is 438 g/mol. The number of carbonyl (C=O) groups excluding carboxylic acids is 1. The highest BCUT2D eigenvalue weighted by atomic mass is 16.1. The van der Waals surface area contributed by atoms with Crippen LogP contribution in [0.2, 0.25) is 0 Å². The Labute approximate surface area is 202 Å². The summed E-state index contributed by atoms with van der Waals surface area (Å²) in [6.45, 7) is 4.58. The Bertz CT molecular complexity index is 1540. The van der Waals surface area contributed by atoms with E-state index in [0.29, 0.717) is 24.0 Å². The van der Waals surface area contributed by atoms with Crippen molar-refractivity contribution in [2.75, 3.05) is 18.4 Å². The third-order valence-corrected chi connectivity index (χ3v) is 6.81. The van der Waals surface area contributed by atoms with Crippen molar-refractivity contribution in [2.45, 2.75) is 25.8 Å². The summed E-state index contributed by atoms with van der Waals surface area (Å²) in [7, 11) is 0. The average molecular weight is 466 g/mol. The van der Waals surface area contributed by atoms with Gasteiger partial charge in [-0.2, -0.15) is 4.98 Å². The minimum absolute atomic E-state index is 0.395. The number of nitrogens with two attached hydrogens (primary N) is 1. The molecule has 3 aromatic heterocycles. The second kappa shape index (κ2) is 8.56. The van der Waals surface area contributed by atoms with Crippen molar-refractivity contribution < 1.29 is 4.79 Å². The topological polar surface area (TPSA) is 102 Å². The monoisotopic (exact) mass is 465 g/mol. The number of aryl methyl sites for hydroxylation is 1.